The number of hydrogen-bond acceptors (Lipinski definition) is 3. The lowest BCUT2D eigenvalue weighted by Crippen LogP contribution is -2.37. The molecule has 1 aromatic carbocycles. The third-order valence-corrected chi connectivity index (χ3v) is 2.53. The Kier molecular flexibility index (Phi) is 6.00. The highest BCUT2D eigenvalue weighted by molar-refractivity contribution is 5.74. The third-order valence-electron chi connectivity index (χ3n) is 2.53. The molecule has 1 aromatic rings. The van der Waals surface area contributed by atoms with Gasteiger partial charge in [-0.3, -0.25) is 0 Å². The monoisotopic (exact) mass is 252 g/mol. The largest absolute Gasteiger partial charge is 0.508 e. The lowest BCUT2D eigenvalue weighted by Gasteiger charge is -2.15. The highest BCUT2D eigenvalue weighted by Gasteiger charge is 2.09. The maximum absolute atomic E-state index is 11.5. The van der Waals surface area contributed by atoms with E-state index in [0.717, 1.165) is 12.0 Å². The number of urea groups is 1. The highest BCUT2D eigenvalue weighted by Crippen LogP contribution is 2.17. The van der Waals surface area contributed by atoms with Gasteiger partial charge in [0.05, 0.1) is 6.04 Å². The van der Waals surface area contributed by atoms with E-state index in [1.165, 1.54) is 0 Å². The van der Waals surface area contributed by atoms with Gasteiger partial charge in [0.2, 0.25) is 0 Å². The minimum atomic E-state index is -0.220. The first-order valence-electron chi connectivity index (χ1n) is 5.95. The van der Waals surface area contributed by atoms with Gasteiger partial charge < -0.3 is 20.5 Å². The fraction of sp³-hybridized carbons (Fsp3) is 0.462. The zero-order valence-corrected chi connectivity index (χ0v) is 10.8. The molecule has 3 N–H and O–H groups in total. The van der Waals surface area contributed by atoms with Crippen LogP contribution in [0.3, 0.4) is 0 Å². The molecule has 0 aliphatic carbocycles. The van der Waals surface area contributed by atoms with Crippen LogP contribution in [0.2, 0.25) is 0 Å². The highest BCUT2D eigenvalue weighted by atomic mass is 16.5. The van der Waals surface area contributed by atoms with Gasteiger partial charge in [0.1, 0.15) is 5.75 Å². The Morgan fingerprint density at radius 1 is 1.50 bits per heavy atom. The number of hydrogen-bond donors (Lipinski definition) is 3. The summed E-state index contributed by atoms with van der Waals surface area (Å²) >= 11 is 0. The van der Waals surface area contributed by atoms with E-state index in [9.17, 15) is 9.90 Å². The molecule has 0 aliphatic rings. The second-order valence-electron chi connectivity index (χ2n) is 4.06. The molecule has 0 fully saturated rings. The predicted octanol–water partition coefficient (Wildman–Crippen LogP) is 1.79. The minimum absolute atomic E-state index is 0.153. The fourth-order valence-electron chi connectivity index (χ4n) is 1.54. The van der Waals surface area contributed by atoms with Crippen molar-refractivity contribution in [2.45, 2.75) is 19.4 Å². The van der Waals surface area contributed by atoms with Crippen LogP contribution in [-0.4, -0.2) is 31.4 Å². The minimum Gasteiger partial charge on any atom is -0.508 e. The number of amides is 2. The van der Waals surface area contributed by atoms with Crippen molar-refractivity contribution in [2.75, 3.05) is 20.3 Å². The van der Waals surface area contributed by atoms with Crippen LogP contribution in [0.25, 0.3) is 0 Å². The van der Waals surface area contributed by atoms with E-state index in [-0.39, 0.29) is 17.8 Å². The number of carbonyl (C=O) groups excluding carboxylic acids is 1. The van der Waals surface area contributed by atoms with Crippen LogP contribution < -0.4 is 10.6 Å². The predicted molar refractivity (Wildman–Crippen MR) is 69.5 cm³/mol. The van der Waals surface area contributed by atoms with Crippen molar-refractivity contribution in [3.63, 3.8) is 0 Å². The van der Waals surface area contributed by atoms with Crippen LogP contribution in [0.4, 0.5) is 4.79 Å². The van der Waals surface area contributed by atoms with Gasteiger partial charge in [-0.15, -0.1) is 0 Å². The first-order chi connectivity index (χ1) is 8.63. The van der Waals surface area contributed by atoms with Gasteiger partial charge in [-0.1, -0.05) is 12.1 Å². The molecular formula is C13H20N2O3. The summed E-state index contributed by atoms with van der Waals surface area (Å²) in [5.74, 6) is 0.196. The molecule has 0 radical (unpaired) electrons. The number of aromatic hydroxyl groups is 1. The molecule has 1 atom stereocenters. The van der Waals surface area contributed by atoms with Crippen molar-refractivity contribution in [3.05, 3.63) is 29.8 Å². The number of phenols is 1. The zero-order chi connectivity index (χ0) is 13.4. The zero-order valence-electron chi connectivity index (χ0n) is 10.8. The maximum Gasteiger partial charge on any atom is 0.315 e. The molecule has 0 aliphatic heterocycles. The Morgan fingerprint density at radius 3 is 2.94 bits per heavy atom. The number of methoxy groups -OCH3 is 1. The molecule has 2 amide bonds. The number of rotatable bonds is 6. The van der Waals surface area contributed by atoms with Gasteiger partial charge in [-0.2, -0.15) is 0 Å². The molecular weight excluding hydrogens is 232 g/mol. The lowest BCUT2D eigenvalue weighted by molar-refractivity contribution is 0.193. The average molecular weight is 252 g/mol. The van der Waals surface area contributed by atoms with Gasteiger partial charge >= 0.3 is 6.03 Å². The topological polar surface area (TPSA) is 70.6 Å². The molecule has 0 unspecified atom stereocenters. The van der Waals surface area contributed by atoms with E-state index in [2.05, 4.69) is 10.6 Å². The summed E-state index contributed by atoms with van der Waals surface area (Å²) in [4.78, 5) is 11.5. The molecule has 0 saturated carbocycles. The Labute approximate surface area is 107 Å². The van der Waals surface area contributed by atoms with Gasteiger partial charge in [-0.25, -0.2) is 4.79 Å². The Hall–Kier alpha value is -1.75. The van der Waals surface area contributed by atoms with Gasteiger partial charge in [-0.05, 0) is 31.0 Å². The van der Waals surface area contributed by atoms with Crippen molar-refractivity contribution in [3.8, 4) is 5.75 Å². The van der Waals surface area contributed by atoms with Crippen molar-refractivity contribution >= 4 is 6.03 Å². The number of nitrogens with one attached hydrogen (secondary N) is 2. The second-order valence-corrected chi connectivity index (χ2v) is 4.06. The molecule has 0 bridgehead atoms. The summed E-state index contributed by atoms with van der Waals surface area (Å²) < 4.78 is 4.89. The molecule has 1 rings (SSSR count). The Bertz CT molecular complexity index is 382. The summed E-state index contributed by atoms with van der Waals surface area (Å²) in [5.41, 5.74) is 0.863. The number of ether oxygens (including phenoxy) is 1. The molecule has 0 aromatic heterocycles. The number of carbonyl (C=O) groups is 1. The first kappa shape index (κ1) is 14.3. The average Bonchev–Trinajstić information content (AvgIpc) is 2.34. The lowest BCUT2D eigenvalue weighted by atomic mass is 10.1. The molecule has 0 saturated heterocycles. The van der Waals surface area contributed by atoms with Gasteiger partial charge in [0, 0.05) is 20.3 Å². The summed E-state index contributed by atoms with van der Waals surface area (Å²) in [6.07, 6.45) is 0.782. The Morgan fingerprint density at radius 2 is 2.28 bits per heavy atom. The molecule has 5 nitrogen and oxygen atoms in total. The number of benzene rings is 1. The Balaban J connectivity index is 2.35. The van der Waals surface area contributed by atoms with Crippen molar-refractivity contribution in [1.29, 1.82) is 0 Å². The first-order valence-corrected chi connectivity index (χ1v) is 5.95. The van der Waals surface area contributed by atoms with Crippen LogP contribution in [0.5, 0.6) is 5.75 Å². The maximum atomic E-state index is 11.5. The van der Waals surface area contributed by atoms with E-state index in [4.69, 9.17) is 4.74 Å². The smallest absolute Gasteiger partial charge is 0.315 e. The fourth-order valence-corrected chi connectivity index (χ4v) is 1.54. The number of phenolic OH excluding ortho intramolecular Hbond substituents is 1. The van der Waals surface area contributed by atoms with E-state index in [1.54, 1.807) is 25.3 Å². The van der Waals surface area contributed by atoms with Crippen LogP contribution in [0.1, 0.15) is 24.9 Å². The normalized spacial score (nSPS) is 11.9. The third kappa shape index (κ3) is 5.05. The van der Waals surface area contributed by atoms with Gasteiger partial charge in [0.25, 0.3) is 0 Å². The van der Waals surface area contributed by atoms with Crippen LogP contribution >= 0.6 is 0 Å². The van der Waals surface area contributed by atoms with E-state index >= 15 is 0 Å². The molecule has 100 valence electrons. The van der Waals surface area contributed by atoms with E-state index in [0.29, 0.717) is 13.2 Å². The van der Waals surface area contributed by atoms with Crippen molar-refractivity contribution < 1.29 is 14.6 Å². The molecule has 0 heterocycles. The van der Waals surface area contributed by atoms with Crippen LogP contribution in [0.15, 0.2) is 24.3 Å². The summed E-state index contributed by atoms with van der Waals surface area (Å²) in [6, 6.07) is 6.47. The van der Waals surface area contributed by atoms with Crippen LogP contribution in [0, 0.1) is 0 Å². The van der Waals surface area contributed by atoms with Crippen molar-refractivity contribution in [1.82, 2.24) is 10.6 Å². The molecule has 5 heteroatoms. The van der Waals surface area contributed by atoms with Crippen LogP contribution in [-0.2, 0) is 4.74 Å². The second kappa shape index (κ2) is 7.55. The quantitative estimate of drug-likeness (QED) is 0.676. The summed E-state index contributed by atoms with van der Waals surface area (Å²) in [6.45, 7) is 3.07. The summed E-state index contributed by atoms with van der Waals surface area (Å²) in [7, 11) is 1.63. The van der Waals surface area contributed by atoms with Crippen molar-refractivity contribution in [2.24, 2.45) is 0 Å². The molecule has 18 heavy (non-hydrogen) atoms. The van der Waals surface area contributed by atoms with E-state index < -0.39 is 0 Å². The SMILES string of the molecule is COCCCNC(=O)N[C@@H](C)c1cccc(O)c1. The molecule has 0 spiro atoms. The van der Waals surface area contributed by atoms with E-state index in [1.807, 2.05) is 13.0 Å². The summed E-state index contributed by atoms with van der Waals surface area (Å²) in [5, 5.41) is 14.9. The van der Waals surface area contributed by atoms with Gasteiger partial charge in [0.15, 0.2) is 0 Å². The standard InChI is InChI=1S/C13H20N2O3/c1-10(11-5-3-6-12(16)9-11)15-13(17)14-7-4-8-18-2/h3,5-6,9-10,16H,4,7-8H2,1-2H3,(H2,14,15,17)/t10-/m0/s1.